The smallest absolute Gasteiger partial charge is 0.131 e. The van der Waals surface area contributed by atoms with Gasteiger partial charge < -0.3 is 0 Å². The molecule has 2 heteroatoms. The van der Waals surface area contributed by atoms with Gasteiger partial charge in [0.2, 0.25) is 0 Å². The van der Waals surface area contributed by atoms with Gasteiger partial charge in [-0.05, 0) is 54.7 Å². The second-order valence-corrected chi connectivity index (χ2v) is 7.45. The van der Waals surface area contributed by atoms with Crippen molar-refractivity contribution < 1.29 is 8.78 Å². The molecule has 0 amide bonds. The van der Waals surface area contributed by atoms with E-state index in [-0.39, 0.29) is 17.6 Å². The summed E-state index contributed by atoms with van der Waals surface area (Å²) >= 11 is 0. The molecule has 1 aliphatic rings. The molecule has 0 nitrogen and oxygen atoms in total. The minimum absolute atomic E-state index is 0.177. The molecule has 0 spiro atoms. The highest BCUT2D eigenvalue weighted by Gasteiger charge is 2.21. The summed E-state index contributed by atoms with van der Waals surface area (Å²) in [6.45, 7) is 4.02. The highest BCUT2D eigenvalue weighted by Crippen LogP contribution is 2.37. The molecule has 0 N–H and O–H groups in total. The maximum Gasteiger partial charge on any atom is 0.131 e. The Bertz CT molecular complexity index is 1050. The maximum atomic E-state index is 14.8. The standard InChI is InChI=1S/C26H22F2/c1-17-3-7-19(8-4-17)23-13-11-21(15-25(23)27)22-12-14-24(26(28)16-22)20-9-5-18(2)6-10-20/h3-13,15-16,24H,14H2,1-2H3. The van der Waals surface area contributed by atoms with Gasteiger partial charge in [0.1, 0.15) is 11.6 Å². The van der Waals surface area contributed by atoms with Crippen LogP contribution >= 0.6 is 0 Å². The van der Waals surface area contributed by atoms with E-state index >= 15 is 0 Å². The lowest BCUT2D eigenvalue weighted by Gasteiger charge is -2.20. The topological polar surface area (TPSA) is 0 Å². The molecule has 0 aliphatic heterocycles. The van der Waals surface area contributed by atoms with E-state index in [9.17, 15) is 8.78 Å². The molecule has 0 radical (unpaired) electrons. The third-order valence-corrected chi connectivity index (χ3v) is 5.34. The molecule has 0 saturated carbocycles. The van der Waals surface area contributed by atoms with Gasteiger partial charge in [-0.15, -0.1) is 0 Å². The van der Waals surface area contributed by atoms with E-state index in [1.807, 2.05) is 74.5 Å². The van der Waals surface area contributed by atoms with Crippen molar-refractivity contribution in [3.63, 3.8) is 0 Å². The Kier molecular flexibility index (Phi) is 4.95. The Labute approximate surface area is 164 Å². The zero-order valence-electron chi connectivity index (χ0n) is 16.0. The van der Waals surface area contributed by atoms with Crippen LogP contribution in [0.3, 0.4) is 0 Å². The van der Waals surface area contributed by atoms with Crippen molar-refractivity contribution in [3.8, 4) is 11.1 Å². The minimum Gasteiger partial charge on any atom is -0.211 e. The summed E-state index contributed by atoms with van der Waals surface area (Å²) in [5.41, 5.74) is 6.09. The first kappa shape index (κ1) is 18.4. The van der Waals surface area contributed by atoms with Crippen LogP contribution in [0.25, 0.3) is 16.7 Å². The minimum atomic E-state index is -0.295. The summed E-state index contributed by atoms with van der Waals surface area (Å²) in [5, 5.41) is 0. The van der Waals surface area contributed by atoms with Gasteiger partial charge in [0, 0.05) is 11.5 Å². The first-order chi connectivity index (χ1) is 13.5. The molecule has 1 unspecified atom stereocenters. The predicted molar refractivity (Wildman–Crippen MR) is 112 cm³/mol. The molecule has 3 aromatic carbocycles. The number of allylic oxidation sites excluding steroid dienone is 4. The van der Waals surface area contributed by atoms with Gasteiger partial charge in [-0.2, -0.15) is 0 Å². The van der Waals surface area contributed by atoms with Crippen molar-refractivity contribution in [2.24, 2.45) is 0 Å². The van der Waals surface area contributed by atoms with Crippen LogP contribution in [0, 0.1) is 19.7 Å². The number of hydrogen-bond acceptors (Lipinski definition) is 0. The second kappa shape index (κ2) is 7.55. The Morgan fingerprint density at radius 1 is 0.750 bits per heavy atom. The predicted octanol–water partition coefficient (Wildman–Crippen LogP) is 7.53. The number of benzene rings is 3. The SMILES string of the molecule is Cc1ccc(-c2ccc(C3=CCC(c4ccc(C)cc4)C(F)=C3)cc2F)cc1. The van der Waals surface area contributed by atoms with Crippen LogP contribution in [-0.4, -0.2) is 0 Å². The zero-order valence-corrected chi connectivity index (χ0v) is 16.0. The van der Waals surface area contributed by atoms with Gasteiger partial charge in [-0.25, -0.2) is 8.78 Å². The van der Waals surface area contributed by atoms with Gasteiger partial charge in [-0.1, -0.05) is 77.9 Å². The fourth-order valence-electron chi connectivity index (χ4n) is 3.62. The van der Waals surface area contributed by atoms with Crippen molar-refractivity contribution in [1.82, 2.24) is 0 Å². The third-order valence-electron chi connectivity index (χ3n) is 5.34. The molecule has 4 rings (SSSR count). The van der Waals surface area contributed by atoms with Gasteiger partial charge >= 0.3 is 0 Å². The first-order valence-corrected chi connectivity index (χ1v) is 9.52. The molecule has 0 saturated heterocycles. The monoisotopic (exact) mass is 372 g/mol. The Hall–Kier alpha value is -3.00. The largest absolute Gasteiger partial charge is 0.211 e. The molecular weight excluding hydrogens is 350 g/mol. The number of halogens is 2. The van der Waals surface area contributed by atoms with E-state index in [0.717, 1.165) is 27.8 Å². The van der Waals surface area contributed by atoms with Crippen LogP contribution < -0.4 is 0 Å². The van der Waals surface area contributed by atoms with Gasteiger partial charge in [-0.3, -0.25) is 0 Å². The van der Waals surface area contributed by atoms with Crippen molar-refractivity contribution in [2.45, 2.75) is 26.2 Å². The third kappa shape index (κ3) is 3.68. The summed E-state index contributed by atoms with van der Waals surface area (Å²) in [6, 6.07) is 20.8. The van der Waals surface area contributed by atoms with Gasteiger partial charge in [0.15, 0.2) is 0 Å². The zero-order chi connectivity index (χ0) is 19.7. The van der Waals surface area contributed by atoms with Crippen LogP contribution in [0.5, 0.6) is 0 Å². The molecule has 140 valence electrons. The molecule has 1 aliphatic carbocycles. The number of hydrogen-bond donors (Lipinski definition) is 0. The Balaban J connectivity index is 1.59. The Morgan fingerprint density at radius 3 is 1.96 bits per heavy atom. The van der Waals surface area contributed by atoms with E-state index < -0.39 is 0 Å². The Morgan fingerprint density at radius 2 is 1.36 bits per heavy atom. The van der Waals surface area contributed by atoms with E-state index in [2.05, 4.69) is 0 Å². The molecule has 0 fully saturated rings. The molecule has 3 aromatic rings. The summed E-state index contributed by atoms with van der Waals surface area (Å²) in [6.07, 6.45) is 4.10. The van der Waals surface area contributed by atoms with Crippen molar-refractivity contribution in [1.29, 1.82) is 0 Å². The summed E-state index contributed by atoms with van der Waals surface area (Å²) in [7, 11) is 0. The lowest BCUT2D eigenvalue weighted by molar-refractivity contribution is 0.542. The average molecular weight is 372 g/mol. The molecular formula is C26H22F2. The van der Waals surface area contributed by atoms with Crippen LogP contribution in [0.4, 0.5) is 8.78 Å². The van der Waals surface area contributed by atoms with Crippen molar-refractivity contribution in [2.75, 3.05) is 0 Å². The van der Waals surface area contributed by atoms with E-state index in [1.165, 1.54) is 12.1 Å². The molecule has 28 heavy (non-hydrogen) atoms. The van der Waals surface area contributed by atoms with Crippen LogP contribution in [-0.2, 0) is 0 Å². The van der Waals surface area contributed by atoms with Crippen LogP contribution in [0.1, 0.15) is 34.6 Å². The number of aryl methyl sites for hydroxylation is 2. The summed E-state index contributed by atoms with van der Waals surface area (Å²) in [4.78, 5) is 0. The van der Waals surface area contributed by atoms with Crippen LogP contribution in [0.2, 0.25) is 0 Å². The molecule has 0 aromatic heterocycles. The normalized spacial score (nSPS) is 16.5. The molecule has 0 bridgehead atoms. The highest BCUT2D eigenvalue weighted by atomic mass is 19.1. The van der Waals surface area contributed by atoms with Crippen molar-refractivity contribution in [3.05, 3.63) is 113 Å². The maximum absolute atomic E-state index is 14.8. The van der Waals surface area contributed by atoms with E-state index in [0.29, 0.717) is 17.5 Å². The molecule has 1 atom stereocenters. The summed E-state index contributed by atoms with van der Waals surface area (Å²) in [5.74, 6) is -0.734. The van der Waals surface area contributed by atoms with Crippen LogP contribution in [0.15, 0.2) is 84.7 Å². The fourth-order valence-corrected chi connectivity index (χ4v) is 3.62. The van der Waals surface area contributed by atoms with Gasteiger partial charge in [0.05, 0.1) is 0 Å². The van der Waals surface area contributed by atoms with E-state index in [1.54, 1.807) is 6.07 Å². The second-order valence-electron chi connectivity index (χ2n) is 7.45. The lowest BCUT2D eigenvalue weighted by Crippen LogP contribution is -2.03. The molecule has 0 heterocycles. The summed E-state index contributed by atoms with van der Waals surface area (Å²) < 4.78 is 29.5. The quantitative estimate of drug-likeness (QED) is 0.446. The fraction of sp³-hybridized carbons (Fsp3) is 0.154. The van der Waals surface area contributed by atoms with Gasteiger partial charge in [0.25, 0.3) is 0 Å². The highest BCUT2D eigenvalue weighted by molar-refractivity contribution is 5.78. The average Bonchev–Trinajstić information content (AvgIpc) is 2.69. The lowest BCUT2D eigenvalue weighted by atomic mass is 9.86. The van der Waals surface area contributed by atoms with Crippen molar-refractivity contribution >= 4 is 5.57 Å². The first-order valence-electron chi connectivity index (χ1n) is 9.52. The number of rotatable bonds is 3. The van der Waals surface area contributed by atoms with E-state index in [4.69, 9.17) is 0 Å².